The van der Waals surface area contributed by atoms with E-state index in [-0.39, 0.29) is 16.7 Å². The third kappa shape index (κ3) is 5.82. The molecule has 0 aliphatic rings. The van der Waals surface area contributed by atoms with Crippen LogP contribution in [-0.4, -0.2) is 36.7 Å². The SMILES string of the molecule is CC(C)C(NS(=O)(=O)c1ccc(Cl)cc1)C(=O)NCCCn1cccn1. The summed E-state index contributed by atoms with van der Waals surface area (Å²) in [5.74, 6) is -0.554. The summed E-state index contributed by atoms with van der Waals surface area (Å²) in [6.45, 7) is 4.69. The van der Waals surface area contributed by atoms with Crippen LogP contribution < -0.4 is 10.0 Å². The average molecular weight is 399 g/mol. The van der Waals surface area contributed by atoms with Crippen molar-refractivity contribution in [3.8, 4) is 0 Å². The van der Waals surface area contributed by atoms with Crippen molar-refractivity contribution in [3.63, 3.8) is 0 Å². The van der Waals surface area contributed by atoms with E-state index in [1.807, 2.05) is 12.3 Å². The topological polar surface area (TPSA) is 93.1 Å². The number of halogens is 1. The second kappa shape index (κ2) is 9.16. The molecule has 1 atom stereocenters. The van der Waals surface area contributed by atoms with Gasteiger partial charge < -0.3 is 5.32 Å². The van der Waals surface area contributed by atoms with E-state index in [1.54, 1.807) is 24.7 Å². The molecule has 0 saturated carbocycles. The van der Waals surface area contributed by atoms with Crippen LogP contribution >= 0.6 is 11.6 Å². The fourth-order valence-electron chi connectivity index (χ4n) is 2.34. The quantitative estimate of drug-likeness (QED) is 0.632. The Balaban J connectivity index is 1.94. The van der Waals surface area contributed by atoms with Crippen LogP contribution in [0.5, 0.6) is 0 Å². The number of rotatable bonds is 9. The predicted molar refractivity (Wildman–Crippen MR) is 100 cm³/mol. The number of aryl methyl sites for hydroxylation is 1. The molecule has 1 aromatic carbocycles. The number of carbonyl (C=O) groups is 1. The smallest absolute Gasteiger partial charge is 0.241 e. The maximum Gasteiger partial charge on any atom is 0.241 e. The summed E-state index contributed by atoms with van der Waals surface area (Å²) in [5, 5.41) is 7.31. The van der Waals surface area contributed by atoms with Crippen molar-refractivity contribution in [2.75, 3.05) is 6.54 Å². The first-order valence-electron chi connectivity index (χ1n) is 8.32. The van der Waals surface area contributed by atoms with Crippen molar-refractivity contribution in [2.24, 2.45) is 5.92 Å². The van der Waals surface area contributed by atoms with Gasteiger partial charge in [0.2, 0.25) is 15.9 Å². The first-order valence-corrected chi connectivity index (χ1v) is 10.2. The third-order valence-corrected chi connectivity index (χ3v) is 5.49. The molecule has 1 unspecified atom stereocenters. The number of nitrogens with one attached hydrogen (secondary N) is 2. The molecular weight excluding hydrogens is 376 g/mol. The normalized spacial score (nSPS) is 12.9. The molecular formula is C17H23ClN4O3S. The first-order chi connectivity index (χ1) is 12.3. The van der Waals surface area contributed by atoms with Gasteiger partial charge in [-0.15, -0.1) is 0 Å². The van der Waals surface area contributed by atoms with E-state index in [4.69, 9.17) is 11.6 Å². The molecule has 142 valence electrons. The molecule has 0 spiro atoms. The highest BCUT2D eigenvalue weighted by Gasteiger charge is 2.28. The molecule has 0 aliphatic carbocycles. The fraction of sp³-hybridized carbons (Fsp3) is 0.412. The number of nitrogens with zero attached hydrogens (tertiary/aromatic N) is 2. The maximum atomic E-state index is 12.5. The largest absolute Gasteiger partial charge is 0.355 e. The van der Waals surface area contributed by atoms with E-state index in [9.17, 15) is 13.2 Å². The number of benzene rings is 1. The summed E-state index contributed by atoms with van der Waals surface area (Å²) in [6, 6.07) is 6.78. The molecule has 7 nitrogen and oxygen atoms in total. The Bertz CT molecular complexity index is 805. The van der Waals surface area contributed by atoms with E-state index in [2.05, 4.69) is 15.1 Å². The minimum Gasteiger partial charge on any atom is -0.355 e. The molecule has 9 heteroatoms. The van der Waals surface area contributed by atoms with Crippen molar-refractivity contribution in [2.45, 2.75) is 37.8 Å². The molecule has 2 aromatic rings. The van der Waals surface area contributed by atoms with Crippen LogP contribution in [0.4, 0.5) is 0 Å². The van der Waals surface area contributed by atoms with E-state index in [0.717, 1.165) is 0 Å². The summed E-state index contributed by atoms with van der Waals surface area (Å²) in [4.78, 5) is 12.5. The van der Waals surface area contributed by atoms with Crippen LogP contribution in [0.15, 0.2) is 47.6 Å². The van der Waals surface area contributed by atoms with E-state index < -0.39 is 16.1 Å². The van der Waals surface area contributed by atoms with Crippen LogP contribution in [0.3, 0.4) is 0 Å². The van der Waals surface area contributed by atoms with Gasteiger partial charge in [0.15, 0.2) is 0 Å². The molecule has 1 amide bonds. The molecule has 0 fully saturated rings. The Morgan fingerprint density at radius 3 is 2.54 bits per heavy atom. The van der Waals surface area contributed by atoms with Gasteiger partial charge in [0, 0.05) is 30.5 Å². The summed E-state index contributed by atoms with van der Waals surface area (Å²) in [7, 11) is -3.82. The molecule has 2 rings (SSSR count). The van der Waals surface area contributed by atoms with Crippen molar-refractivity contribution in [1.29, 1.82) is 0 Å². The summed E-state index contributed by atoms with van der Waals surface area (Å²) in [6.07, 6.45) is 4.24. The van der Waals surface area contributed by atoms with Crippen molar-refractivity contribution in [3.05, 3.63) is 47.7 Å². The van der Waals surface area contributed by atoms with Gasteiger partial charge >= 0.3 is 0 Å². The summed E-state index contributed by atoms with van der Waals surface area (Å²) >= 11 is 5.79. The summed E-state index contributed by atoms with van der Waals surface area (Å²) in [5.41, 5.74) is 0. The first kappa shape index (κ1) is 20.4. The van der Waals surface area contributed by atoms with Gasteiger partial charge in [-0.25, -0.2) is 8.42 Å². The average Bonchev–Trinajstić information content (AvgIpc) is 3.10. The van der Waals surface area contributed by atoms with Gasteiger partial charge in [-0.1, -0.05) is 25.4 Å². The molecule has 1 heterocycles. The van der Waals surface area contributed by atoms with Crippen molar-refractivity contribution >= 4 is 27.5 Å². The monoisotopic (exact) mass is 398 g/mol. The van der Waals surface area contributed by atoms with E-state index in [0.29, 0.717) is 24.5 Å². The number of hydrogen-bond donors (Lipinski definition) is 2. The van der Waals surface area contributed by atoms with Gasteiger partial charge in [-0.05, 0) is 42.7 Å². The Morgan fingerprint density at radius 1 is 1.27 bits per heavy atom. The van der Waals surface area contributed by atoms with E-state index >= 15 is 0 Å². The Morgan fingerprint density at radius 2 is 1.96 bits per heavy atom. The number of aromatic nitrogens is 2. The van der Waals surface area contributed by atoms with Crippen LogP contribution in [0.1, 0.15) is 20.3 Å². The third-order valence-electron chi connectivity index (χ3n) is 3.78. The van der Waals surface area contributed by atoms with Gasteiger partial charge in [-0.2, -0.15) is 9.82 Å². The zero-order valence-corrected chi connectivity index (χ0v) is 16.3. The number of sulfonamides is 1. The van der Waals surface area contributed by atoms with Crippen LogP contribution in [-0.2, 0) is 21.4 Å². The molecule has 2 N–H and O–H groups in total. The molecule has 0 radical (unpaired) electrons. The molecule has 0 bridgehead atoms. The zero-order chi connectivity index (χ0) is 19.2. The highest BCUT2D eigenvalue weighted by molar-refractivity contribution is 7.89. The standard InChI is InChI=1S/C17H23ClN4O3S/c1-13(2)16(17(23)19-9-3-11-22-12-4-10-20-22)21-26(24,25)15-7-5-14(18)6-8-15/h4-8,10,12-13,16,21H,3,9,11H2,1-2H3,(H,19,23). The minimum atomic E-state index is -3.82. The predicted octanol–water partition coefficient (Wildman–Crippen LogP) is 2.05. The zero-order valence-electron chi connectivity index (χ0n) is 14.7. The number of amides is 1. The van der Waals surface area contributed by atoms with Crippen LogP contribution in [0, 0.1) is 5.92 Å². The number of carbonyl (C=O) groups excluding carboxylic acids is 1. The lowest BCUT2D eigenvalue weighted by molar-refractivity contribution is -0.123. The van der Waals surface area contributed by atoms with Gasteiger partial charge in [0.1, 0.15) is 6.04 Å². The van der Waals surface area contributed by atoms with Crippen molar-refractivity contribution < 1.29 is 13.2 Å². The molecule has 0 saturated heterocycles. The van der Waals surface area contributed by atoms with E-state index in [1.165, 1.54) is 24.3 Å². The highest BCUT2D eigenvalue weighted by Crippen LogP contribution is 2.15. The Kier molecular flexibility index (Phi) is 7.19. The Labute approximate surface area is 158 Å². The molecule has 0 aliphatic heterocycles. The van der Waals surface area contributed by atoms with Gasteiger partial charge in [-0.3, -0.25) is 9.48 Å². The maximum absolute atomic E-state index is 12.5. The van der Waals surface area contributed by atoms with Crippen molar-refractivity contribution in [1.82, 2.24) is 19.8 Å². The number of hydrogen-bond acceptors (Lipinski definition) is 4. The van der Waals surface area contributed by atoms with Gasteiger partial charge in [0.25, 0.3) is 0 Å². The summed E-state index contributed by atoms with van der Waals surface area (Å²) < 4.78 is 29.3. The lowest BCUT2D eigenvalue weighted by atomic mass is 10.1. The molecule has 26 heavy (non-hydrogen) atoms. The Hall–Kier alpha value is -1.90. The van der Waals surface area contributed by atoms with Crippen LogP contribution in [0.25, 0.3) is 0 Å². The second-order valence-corrected chi connectivity index (χ2v) is 8.36. The highest BCUT2D eigenvalue weighted by atomic mass is 35.5. The van der Waals surface area contributed by atoms with Crippen LogP contribution in [0.2, 0.25) is 5.02 Å². The lowest BCUT2D eigenvalue weighted by Gasteiger charge is -2.21. The van der Waals surface area contributed by atoms with Gasteiger partial charge in [0.05, 0.1) is 4.90 Å². The molecule has 1 aromatic heterocycles. The minimum absolute atomic E-state index is 0.0685. The fourth-order valence-corrected chi connectivity index (χ4v) is 3.81. The lowest BCUT2D eigenvalue weighted by Crippen LogP contribution is -2.49. The second-order valence-electron chi connectivity index (χ2n) is 6.21.